The first-order valence-corrected chi connectivity index (χ1v) is 5.68. The average molecular weight is 220 g/mol. The van der Waals surface area contributed by atoms with Crippen LogP contribution < -0.4 is 4.74 Å². The number of halogens is 1. The molecule has 13 heavy (non-hydrogen) atoms. The minimum absolute atomic E-state index is 0.517. The molecule has 1 aromatic rings. The predicted molar refractivity (Wildman–Crippen MR) is 56.7 cm³/mol. The SMILES string of the molecule is CC(C)CCCOc1nc(Cl)cs1. The highest BCUT2D eigenvalue weighted by Crippen LogP contribution is 2.21. The maximum absolute atomic E-state index is 5.64. The maximum Gasteiger partial charge on any atom is 0.274 e. The number of hydrogen-bond donors (Lipinski definition) is 0. The lowest BCUT2D eigenvalue weighted by Gasteiger charge is -2.04. The van der Waals surface area contributed by atoms with Crippen molar-refractivity contribution in [1.29, 1.82) is 0 Å². The van der Waals surface area contributed by atoms with E-state index in [4.69, 9.17) is 16.3 Å². The van der Waals surface area contributed by atoms with Crippen LogP contribution in [-0.2, 0) is 0 Å². The highest BCUT2D eigenvalue weighted by molar-refractivity contribution is 7.11. The molecule has 1 heterocycles. The fraction of sp³-hybridized carbons (Fsp3) is 0.667. The van der Waals surface area contributed by atoms with Crippen LogP contribution in [0, 0.1) is 5.92 Å². The Morgan fingerprint density at radius 1 is 1.62 bits per heavy atom. The van der Waals surface area contributed by atoms with E-state index in [1.165, 1.54) is 17.8 Å². The molecule has 4 heteroatoms. The summed E-state index contributed by atoms with van der Waals surface area (Å²) in [5, 5.41) is 2.97. The third-order valence-corrected chi connectivity index (χ3v) is 2.68. The molecule has 1 rings (SSSR count). The van der Waals surface area contributed by atoms with Crippen molar-refractivity contribution in [3.05, 3.63) is 10.5 Å². The van der Waals surface area contributed by atoms with Crippen LogP contribution in [0.5, 0.6) is 5.19 Å². The van der Waals surface area contributed by atoms with Crippen LogP contribution in [0.4, 0.5) is 0 Å². The molecule has 74 valence electrons. The van der Waals surface area contributed by atoms with Gasteiger partial charge < -0.3 is 4.74 Å². The van der Waals surface area contributed by atoms with Gasteiger partial charge in [-0.2, -0.15) is 4.98 Å². The molecular weight excluding hydrogens is 206 g/mol. The molecule has 0 fully saturated rings. The molecule has 0 saturated heterocycles. The average Bonchev–Trinajstić information content (AvgIpc) is 2.45. The van der Waals surface area contributed by atoms with Crippen LogP contribution >= 0.6 is 22.9 Å². The molecule has 1 aromatic heterocycles. The second-order valence-corrected chi connectivity index (χ2v) is 4.53. The lowest BCUT2D eigenvalue weighted by Crippen LogP contribution is -1.99. The number of aromatic nitrogens is 1. The quantitative estimate of drug-likeness (QED) is 0.706. The van der Waals surface area contributed by atoms with Gasteiger partial charge in [0.1, 0.15) is 5.15 Å². The van der Waals surface area contributed by atoms with Gasteiger partial charge in [-0.05, 0) is 18.8 Å². The van der Waals surface area contributed by atoms with Gasteiger partial charge in [0.05, 0.1) is 6.61 Å². The van der Waals surface area contributed by atoms with E-state index in [1.807, 2.05) is 0 Å². The van der Waals surface area contributed by atoms with Crippen molar-refractivity contribution in [2.24, 2.45) is 5.92 Å². The molecule has 0 aromatic carbocycles. The number of thiazole rings is 1. The van der Waals surface area contributed by atoms with E-state index in [-0.39, 0.29) is 0 Å². The Morgan fingerprint density at radius 2 is 2.38 bits per heavy atom. The van der Waals surface area contributed by atoms with Crippen molar-refractivity contribution in [2.75, 3.05) is 6.61 Å². The molecule has 0 N–H and O–H groups in total. The summed E-state index contributed by atoms with van der Waals surface area (Å²) < 4.78 is 5.40. The number of hydrogen-bond acceptors (Lipinski definition) is 3. The molecule has 0 saturated carbocycles. The second kappa shape index (κ2) is 5.45. The summed E-state index contributed by atoms with van der Waals surface area (Å²) in [6.07, 6.45) is 2.27. The molecule has 0 spiro atoms. The normalized spacial score (nSPS) is 10.8. The summed E-state index contributed by atoms with van der Waals surface area (Å²) in [7, 11) is 0. The van der Waals surface area contributed by atoms with E-state index in [1.54, 1.807) is 5.38 Å². The van der Waals surface area contributed by atoms with Crippen LogP contribution in [0.3, 0.4) is 0 Å². The third-order valence-electron chi connectivity index (χ3n) is 1.61. The highest BCUT2D eigenvalue weighted by Gasteiger charge is 2.00. The largest absolute Gasteiger partial charge is 0.470 e. The molecule has 0 amide bonds. The second-order valence-electron chi connectivity index (χ2n) is 3.32. The Bertz CT molecular complexity index is 250. The molecule has 0 bridgehead atoms. The molecular formula is C9H14ClNOS. The fourth-order valence-electron chi connectivity index (χ4n) is 0.956. The van der Waals surface area contributed by atoms with Crippen molar-refractivity contribution in [3.8, 4) is 5.19 Å². The first kappa shape index (κ1) is 10.8. The first-order valence-electron chi connectivity index (χ1n) is 4.42. The summed E-state index contributed by atoms with van der Waals surface area (Å²) in [6, 6.07) is 0. The minimum atomic E-state index is 0.517. The Balaban J connectivity index is 2.13. The van der Waals surface area contributed by atoms with Crippen LogP contribution in [0.25, 0.3) is 0 Å². The van der Waals surface area contributed by atoms with Crippen LogP contribution in [-0.4, -0.2) is 11.6 Å². The van der Waals surface area contributed by atoms with Gasteiger partial charge in [-0.1, -0.05) is 36.8 Å². The Labute approximate surface area is 87.9 Å². The highest BCUT2D eigenvalue weighted by atomic mass is 35.5. The van der Waals surface area contributed by atoms with E-state index in [2.05, 4.69) is 18.8 Å². The van der Waals surface area contributed by atoms with Crippen molar-refractivity contribution in [1.82, 2.24) is 4.98 Å². The van der Waals surface area contributed by atoms with Gasteiger partial charge in [0.2, 0.25) is 0 Å². The Morgan fingerprint density at radius 3 is 2.92 bits per heavy atom. The van der Waals surface area contributed by atoms with Crippen molar-refractivity contribution in [3.63, 3.8) is 0 Å². The van der Waals surface area contributed by atoms with Crippen LogP contribution in [0.15, 0.2) is 5.38 Å². The number of ether oxygens (including phenoxy) is 1. The van der Waals surface area contributed by atoms with Gasteiger partial charge in [-0.25, -0.2) is 0 Å². The van der Waals surface area contributed by atoms with E-state index in [9.17, 15) is 0 Å². The molecule has 0 aliphatic heterocycles. The zero-order chi connectivity index (χ0) is 9.68. The zero-order valence-electron chi connectivity index (χ0n) is 7.92. The van der Waals surface area contributed by atoms with E-state index in [0.29, 0.717) is 10.3 Å². The van der Waals surface area contributed by atoms with E-state index < -0.39 is 0 Å². The lowest BCUT2D eigenvalue weighted by atomic mass is 10.1. The summed E-state index contributed by atoms with van der Waals surface area (Å²) >= 11 is 7.09. The summed E-state index contributed by atoms with van der Waals surface area (Å²) in [5.41, 5.74) is 0. The van der Waals surface area contributed by atoms with Gasteiger partial charge in [0.25, 0.3) is 5.19 Å². The molecule has 0 aliphatic rings. The molecule has 2 nitrogen and oxygen atoms in total. The third kappa shape index (κ3) is 4.48. The number of rotatable bonds is 5. The fourth-order valence-corrected chi connectivity index (χ4v) is 1.77. The topological polar surface area (TPSA) is 22.1 Å². The Kier molecular flexibility index (Phi) is 4.53. The summed E-state index contributed by atoms with van der Waals surface area (Å²) in [5.74, 6) is 0.739. The van der Waals surface area contributed by atoms with Gasteiger partial charge >= 0.3 is 0 Å². The van der Waals surface area contributed by atoms with Gasteiger partial charge in [-0.15, -0.1) is 0 Å². The van der Waals surface area contributed by atoms with Gasteiger partial charge in [-0.3, -0.25) is 0 Å². The molecule has 0 unspecified atom stereocenters. The van der Waals surface area contributed by atoms with Crippen molar-refractivity contribution in [2.45, 2.75) is 26.7 Å². The first-order chi connectivity index (χ1) is 6.18. The van der Waals surface area contributed by atoms with E-state index >= 15 is 0 Å². The summed E-state index contributed by atoms with van der Waals surface area (Å²) in [6.45, 7) is 5.16. The lowest BCUT2D eigenvalue weighted by molar-refractivity contribution is 0.296. The number of nitrogens with zero attached hydrogens (tertiary/aromatic N) is 1. The molecule has 0 radical (unpaired) electrons. The van der Waals surface area contributed by atoms with Gasteiger partial charge in [0, 0.05) is 5.38 Å². The zero-order valence-corrected chi connectivity index (χ0v) is 9.49. The monoisotopic (exact) mass is 219 g/mol. The summed E-state index contributed by atoms with van der Waals surface area (Å²) in [4.78, 5) is 3.99. The maximum atomic E-state index is 5.64. The minimum Gasteiger partial charge on any atom is -0.470 e. The standard InChI is InChI=1S/C9H14ClNOS/c1-7(2)4-3-5-12-9-11-8(10)6-13-9/h6-7H,3-5H2,1-2H3. The molecule has 0 atom stereocenters. The van der Waals surface area contributed by atoms with Gasteiger partial charge in [0.15, 0.2) is 0 Å². The van der Waals surface area contributed by atoms with Crippen molar-refractivity contribution >= 4 is 22.9 Å². The predicted octanol–water partition coefficient (Wildman–Crippen LogP) is 3.61. The van der Waals surface area contributed by atoms with Crippen LogP contribution in [0.2, 0.25) is 5.15 Å². The van der Waals surface area contributed by atoms with Crippen LogP contribution in [0.1, 0.15) is 26.7 Å². The molecule has 0 aliphatic carbocycles. The Hall–Kier alpha value is -0.280. The van der Waals surface area contributed by atoms with Crippen molar-refractivity contribution < 1.29 is 4.74 Å². The smallest absolute Gasteiger partial charge is 0.274 e. The van der Waals surface area contributed by atoms with E-state index in [0.717, 1.165) is 18.9 Å².